The zero-order valence-electron chi connectivity index (χ0n) is 23.5. The number of hydrogen-bond donors (Lipinski definition) is 4. The second-order valence-electron chi connectivity index (χ2n) is 9.62. The van der Waals surface area contributed by atoms with Crippen molar-refractivity contribution < 1.29 is 19.1 Å². The molecule has 0 aliphatic heterocycles. The molecular formula is C31H38N6O4. The van der Waals surface area contributed by atoms with Gasteiger partial charge in [-0.05, 0) is 35.1 Å². The summed E-state index contributed by atoms with van der Waals surface area (Å²) in [5, 5.41) is 5.91. The summed E-state index contributed by atoms with van der Waals surface area (Å²) in [6.45, 7) is 1.00. The number of benzene rings is 3. The van der Waals surface area contributed by atoms with Gasteiger partial charge in [-0.1, -0.05) is 84.9 Å². The van der Waals surface area contributed by atoms with Crippen molar-refractivity contribution in [3.05, 3.63) is 107 Å². The molecular weight excluding hydrogens is 520 g/mol. The van der Waals surface area contributed by atoms with Gasteiger partial charge in [-0.3, -0.25) is 14.6 Å². The highest BCUT2D eigenvalue weighted by atomic mass is 16.5. The lowest BCUT2D eigenvalue weighted by Gasteiger charge is -2.23. The highest BCUT2D eigenvalue weighted by Crippen LogP contribution is 2.25. The Kier molecular flexibility index (Phi) is 11.7. The molecule has 3 aromatic carbocycles. The van der Waals surface area contributed by atoms with Gasteiger partial charge in [0.1, 0.15) is 6.04 Å². The van der Waals surface area contributed by atoms with E-state index in [0.717, 1.165) is 22.3 Å². The molecule has 1 atom stereocenters. The first-order chi connectivity index (χ1) is 19.8. The Morgan fingerprint density at radius 1 is 0.854 bits per heavy atom. The van der Waals surface area contributed by atoms with E-state index in [2.05, 4.69) is 15.6 Å². The third-order valence-electron chi connectivity index (χ3n) is 6.50. The van der Waals surface area contributed by atoms with Crippen LogP contribution in [0.4, 0.5) is 4.79 Å². The van der Waals surface area contributed by atoms with Gasteiger partial charge in [0.05, 0.1) is 13.0 Å². The minimum atomic E-state index is -0.792. The molecule has 41 heavy (non-hydrogen) atoms. The van der Waals surface area contributed by atoms with Gasteiger partial charge in [0.2, 0.25) is 11.8 Å². The van der Waals surface area contributed by atoms with E-state index in [9.17, 15) is 14.4 Å². The van der Waals surface area contributed by atoms with Gasteiger partial charge in [0.15, 0.2) is 5.96 Å². The average molecular weight is 559 g/mol. The summed E-state index contributed by atoms with van der Waals surface area (Å²) in [4.78, 5) is 44.1. The normalized spacial score (nSPS) is 11.3. The van der Waals surface area contributed by atoms with Crippen molar-refractivity contribution in [2.45, 2.75) is 37.9 Å². The van der Waals surface area contributed by atoms with E-state index in [1.807, 2.05) is 84.9 Å². The van der Waals surface area contributed by atoms with Crippen LogP contribution in [-0.2, 0) is 27.4 Å². The molecule has 0 radical (unpaired) electrons. The van der Waals surface area contributed by atoms with Crippen LogP contribution in [0.15, 0.2) is 89.9 Å². The molecule has 10 heteroatoms. The largest absolute Gasteiger partial charge is 0.453 e. The molecule has 3 rings (SSSR count). The Balaban J connectivity index is 1.71. The van der Waals surface area contributed by atoms with Crippen molar-refractivity contribution in [2.75, 3.05) is 20.7 Å². The molecule has 6 N–H and O–H groups in total. The Hall–Kier alpha value is -4.86. The predicted molar refractivity (Wildman–Crippen MR) is 159 cm³/mol. The zero-order valence-corrected chi connectivity index (χ0v) is 23.5. The van der Waals surface area contributed by atoms with E-state index < -0.39 is 18.1 Å². The number of aliphatic imine (C=N–C) groups is 1. The van der Waals surface area contributed by atoms with Crippen LogP contribution in [0, 0.1) is 0 Å². The maximum absolute atomic E-state index is 13.7. The van der Waals surface area contributed by atoms with Gasteiger partial charge in [-0.25, -0.2) is 4.79 Å². The molecule has 0 heterocycles. The number of guanidine groups is 1. The highest BCUT2D eigenvalue weighted by Gasteiger charge is 2.27. The lowest BCUT2D eigenvalue weighted by Crippen LogP contribution is -2.48. The van der Waals surface area contributed by atoms with E-state index in [1.165, 1.54) is 12.0 Å². The van der Waals surface area contributed by atoms with Gasteiger partial charge >= 0.3 is 6.09 Å². The van der Waals surface area contributed by atoms with Crippen LogP contribution < -0.4 is 22.1 Å². The summed E-state index contributed by atoms with van der Waals surface area (Å²) in [7, 11) is 2.99. The number of ether oxygens (including phenoxy) is 1. The number of amides is 3. The van der Waals surface area contributed by atoms with Crippen LogP contribution in [0.2, 0.25) is 0 Å². The van der Waals surface area contributed by atoms with Gasteiger partial charge in [0.25, 0.3) is 0 Å². The standard InChI is InChI=1S/C31H38N6O4/c1-37(31(40)41-2)21-23-17-15-22(16-18-23)20-35-28(38)26(14-9-19-34-30(32)33)36-29(39)27(24-10-5-3-6-11-24)25-12-7-4-8-13-25/h3-8,10-13,15-18,26-27H,9,14,19-21H2,1-2H3,(H,35,38)(H,36,39)(H4,32,33,34)/t26-/m1/s1. The fourth-order valence-electron chi connectivity index (χ4n) is 4.38. The van der Waals surface area contributed by atoms with E-state index in [1.54, 1.807) is 7.05 Å². The van der Waals surface area contributed by atoms with Crippen LogP contribution in [0.1, 0.15) is 41.0 Å². The van der Waals surface area contributed by atoms with E-state index >= 15 is 0 Å². The number of methoxy groups -OCH3 is 1. The molecule has 0 fully saturated rings. The quantitative estimate of drug-likeness (QED) is 0.144. The Labute approximate surface area is 240 Å². The number of carbonyl (C=O) groups excluding carboxylic acids is 3. The molecule has 0 spiro atoms. The molecule has 10 nitrogen and oxygen atoms in total. The molecule has 0 aromatic heterocycles. The third-order valence-corrected chi connectivity index (χ3v) is 6.50. The molecule has 0 saturated carbocycles. The van der Waals surface area contributed by atoms with E-state index in [0.29, 0.717) is 25.9 Å². The lowest BCUT2D eigenvalue weighted by molar-refractivity contribution is -0.129. The minimum absolute atomic E-state index is 0.0236. The summed E-state index contributed by atoms with van der Waals surface area (Å²) in [5.74, 6) is -1.19. The molecule has 0 aliphatic carbocycles. The summed E-state index contributed by atoms with van der Waals surface area (Å²) in [5.41, 5.74) is 14.3. The molecule has 0 aliphatic rings. The number of carbonyl (C=O) groups is 3. The monoisotopic (exact) mass is 558 g/mol. The molecule has 0 bridgehead atoms. The molecule has 0 unspecified atom stereocenters. The predicted octanol–water partition coefficient (Wildman–Crippen LogP) is 2.87. The van der Waals surface area contributed by atoms with Gasteiger partial charge in [0, 0.05) is 26.7 Å². The van der Waals surface area contributed by atoms with Crippen molar-refractivity contribution >= 4 is 23.9 Å². The SMILES string of the molecule is COC(=O)N(C)Cc1ccc(CNC(=O)[C@@H](CCCN=C(N)N)NC(=O)C(c2ccccc2)c2ccccc2)cc1. The van der Waals surface area contributed by atoms with Crippen molar-refractivity contribution in [3.8, 4) is 0 Å². The summed E-state index contributed by atoms with van der Waals surface area (Å²) in [6, 6.07) is 25.7. The van der Waals surface area contributed by atoms with Crippen molar-refractivity contribution in [1.29, 1.82) is 0 Å². The smallest absolute Gasteiger partial charge is 0.409 e. The maximum atomic E-state index is 13.7. The first-order valence-electron chi connectivity index (χ1n) is 13.4. The van der Waals surface area contributed by atoms with E-state index in [-0.39, 0.29) is 24.3 Å². The second-order valence-corrected chi connectivity index (χ2v) is 9.62. The van der Waals surface area contributed by atoms with Crippen LogP contribution in [-0.4, -0.2) is 55.5 Å². The molecule has 3 amide bonds. The van der Waals surface area contributed by atoms with Crippen LogP contribution >= 0.6 is 0 Å². The van der Waals surface area contributed by atoms with Gasteiger partial charge < -0.3 is 31.7 Å². The van der Waals surface area contributed by atoms with Crippen molar-refractivity contribution in [2.24, 2.45) is 16.5 Å². The second kappa shape index (κ2) is 15.7. The van der Waals surface area contributed by atoms with Gasteiger partial charge in [-0.15, -0.1) is 0 Å². The van der Waals surface area contributed by atoms with Crippen LogP contribution in [0.25, 0.3) is 0 Å². The lowest BCUT2D eigenvalue weighted by atomic mass is 9.90. The summed E-state index contributed by atoms with van der Waals surface area (Å²) >= 11 is 0. The first kappa shape index (κ1) is 30.7. The fourth-order valence-corrected chi connectivity index (χ4v) is 4.38. The molecule has 216 valence electrons. The first-order valence-corrected chi connectivity index (χ1v) is 13.4. The summed E-state index contributed by atoms with van der Waals surface area (Å²) < 4.78 is 4.72. The topological polar surface area (TPSA) is 152 Å². The Morgan fingerprint density at radius 3 is 1.95 bits per heavy atom. The number of hydrogen-bond acceptors (Lipinski definition) is 5. The average Bonchev–Trinajstić information content (AvgIpc) is 2.98. The Morgan fingerprint density at radius 2 is 1.41 bits per heavy atom. The van der Waals surface area contributed by atoms with Crippen LogP contribution in [0.3, 0.4) is 0 Å². The minimum Gasteiger partial charge on any atom is -0.453 e. The van der Waals surface area contributed by atoms with E-state index in [4.69, 9.17) is 16.2 Å². The number of nitrogens with two attached hydrogens (primary N) is 2. The number of nitrogens with one attached hydrogen (secondary N) is 2. The van der Waals surface area contributed by atoms with Crippen molar-refractivity contribution in [3.63, 3.8) is 0 Å². The highest BCUT2D eigenvalue weighted by molar-refractivity contribution is 5.92. The third kappa shape index (κ3) is 9.68. The number of nitrogens with zero attached hydrogens (tertiary/aromatic N) is 2. The zero-order chi connectivity index (χ0) is 29.6. The maximum Gasteiger partial charge on any atom is 0.409 e. The number of rotatable bonds is 13. The summed E-state index contributed by atoms with van der Waals surface area (Å²) in [6.07, 6.45) is 0.430. The van der Waals surface area contributed by atoms with Gasteiger partial charge in [-0.2, -0.15) is 0 Å². The van der Waals surface area contributed by atoms with Crippen LogP contribution in [0.5, 0.6) is 0 Å². The Bertz CT molecular complexity index is 1260. The fraction of sp³-hybridized carbons (Fsp3) is 0.290. The molecule has 0 saturated heterocycles. The van der Waals surface area contributed by atoms with Crippen molar-refractivity contribution in [1.82, 2.24) is 15.5 Å². The molecule has 3 aromatic rings.